The van der Waals surface area contributed by atoms with Crippen molar-refractivity contribution in [3.05, 3.63) is 65.0 Å². The third kappa shape index (κ3) is 3.48. The second kappa shape index (κ2) is 6.75. The number of aromatic nitrogens is 1. The van der Waals surface area contributed by atoms with Gasteiger partial charge in [-0.2, -0.15) is 0 Å². The molecule has 118 valence electrons. The molecule has 1 aromatic heterocycles. The van der Waals surface area contributed by atoms with Gasteiger partial charge in [0.15, 0.2) is 16.8 Å². The lowest BCUT2D eigenvalue weighted by atomic mass is 10.2. The van der Waals surface area contributed by atoms with Crippen molar-refractivity contribution in [1.82, 2.24) is 4.98 Å². The number of nitrogens with one attached hydrogen (secondary N) is 1. The Morgan fingerprint density at radius 3 is 2.74 bits per heavy atom. The van der Waals surface area contributed by atoms with Gasteiger partial charge in [-0.25, -0.2) is 13.8 Å². The molecule has 0 amide bonds. The summed E-state index contributed by atoms with van der Waals surface area (Å²) >= 11 is 1.41. The van der Waals surface area contributed by atoms with Crippen molar-refractivity contribution in [1.29, 1.82) is 0 Å². The number of thiazole rings is 1. The van der Waals surface area contributed by atoms with E-state index >= 15 is 0 Å². The predicted molar refractivity (Wildman–Crippen MR) is 87.8 cm³/mol. The summed E-state index contributed by atoms with van der Waals surface area (Å²) < 4.78 is 31.6. The van der Waals surface area contributed by atoms with Crippen LogP contribution in [0.25, 0.3) is 11.3 Å². The maximum atomic E-state index is 13.3. The number of halogens is 2. The standard InChI is InChI=1S/C17H14F2N2OS/c1-22-16-5-3-2-4-12(16)9-20-17-21-15(10-23-17)11-6-7-13(18)14(19)8-11/h2-8,10H,9H2,1H3,(H,20,21). The normalized spacial score (nSPS) is 10.6. The fourth-order valence-corrected chi connectivity index (χ4v) is 2.88. The highest BCUT2D eigenvalue weighted by Gasteiger charge is 2.09. The van der Waals surface area contributed by atoms with Crippen LogP contribution in [0.4, 0.5) is 13.9 Å². The van der Waals surface area contributed by atoms with Crippen LogP contribution in [0.15, 0.2) is 47.8 Å². The number of methoxy groups -OCH3 is 1. The Labute approximate surface area is 136 Å². The van der Waals surface area contributed by atoms with Crippen molar-refractivity contribution in [2.45, 2.75) is 6.54 Å². The van der Waals surface area contributed by atoms with Crippen molar-refractivity contribution in [3.63, 3.8) is 0 Å². The van der Waals surface area contributed by atoms with Gasteiger partial charge in [-0.1, -0.05) is 18.2 Å². The maximum Gasteiger partial charge on any atom is 0.183 e. The minimum absolute atomic E-state index is 0.547. The lowest BCUT2D eigenvalue weighted by Crippen LogP contribution is -2.01. The molecule has 0 atom stereocenters. The third-order valence-corrected chi connectivity index (χ3v) is 4.14. The quantitative estimate of drug-likeness (QED) is 0.735. The second-order valence-electron chi connectivity index (χ2n) is 4.83. The molecular weight excluding hydrogens is 318 g/mol. The predicted octanol–water partition coefficient (Wildman–Crippen LogP) is 4.71. The van der Waals surface area contributed by atoms with E-state index in [9.17, 15) is 8.78 Å². The van der Waals surface area contributed by atoms with E-state index in [1.54, 1.807) is 12.5 Å². The Hall–Kier alpha value is -2.47. The number of nitrogens with zero attached hydrogens (tertiary/aromatic N) is 1. The molecular formula is C17H14F2N2OS. The van der Waals surface area contributed by atoms with E-state index in [1.165, 1.54) is 17.4 Å². The van der Waals surface area contributed by atoms with Gasteiger partial charge in [0.05, 0.1) is 12.8 Å². The Morgan fingerprint density at radius 2 is 1.96 bits per heavy atom. The van der Waals surface area contributed by atoms with Crippen LogP contribution in [-0.4, -0.2) is 12.1 Å². The molecule has 3 rings (SSSR count). The molecule has 6 heteroatoms. The van der Waals surface area contributed by atoms with Gasteiger partial charge in [-0.15, -0.1) is 11.3 Å². The van der Waals surface area contributed by atoms with Crippen molar-refractivity contribution in [2.24, 2.45) is 0 Å². The lowest BCUT2D eigenvalue weighted by Gasteiger charge is -2.08. The summed E-state index contributed by atoms with van der Waals surface area (Å²) in [6.07, 6.45) is 0. The number of hydrogen-bond donors (Lipinski definition) is 1. The average Bonchev–Trinajstić information content (AvgIpc) is 3.04. The highest BCUT2D eigenvalue weighted by molar-refractivity contribution is 7.14. The maximum absolute atomic E-state index is 13.3. The molecule has 0 radical (unpaired) electrons. The zero-order valence-corrected chi connectivity index (χ0v) is 13.2. The van der Waals surface area contributed by atoms with Crippen molar-refractivity contribution >= 4 is 16.5 Å². The van der Waals surface area contributed by atoms with Crippen LogP contribution in [0, 0.1) is 11.6 Å². The molecule has 0 fully saturated rings. The van der Waals surface area contributed by atoms with E-state index in [4.69, 9.17) is 4.74 Å². The third-order valence-electron chi connectivity index (χ3n) is 3.34. The van der Waals surface area contributed by atoms with E-state index in [-0.39, 0.29) is 0 Å². The first kappa shape index (κ1) is 15.4. The second-order valence-corrected chi connectivity index (χ2v) is 5.69. The van der Waals surface area contributed by atoms with E-state index in [1.807, 2.05) is 24.3 Å². The fourth-order valence-electron chi connectivity index (χ4n) is 2.16. The monoisotopic (exact) mass is 332 g/mol. The van der Waals surface area contributed by atoms with E-state index < -0.39 is 11.6 Å². The number of para-hydroxylation sites is 1. The molecule has 3 nitrogen and oxygen atoms in total. The molecule has 0 spiro atoms. The zero-order chi connectivity index (χ0) is 16.2. The number of benzene rings is 2. The van der Waals surface area contributed by atoms with Gasteiger partial charge in [0.1, 0.15) is 5.75 Å². The lowest BCUT2D eigenvalue weighted by molar-refractivity contribution is 0.410. The van der Waals surface area contributed by atoms with Crippen LogP contribution >= 0.6 is 11.3 Å². The smallest absolute Gasteiger partial charge is 0.183 e. The molecule has 0 aliphatic rings. The molecule has 0 saturated carbocycles. The van der Waals surface area contributed by atoms with Crippen LogP contribution < -0.4 is 10.1 Å². The first-order valence-corrected chi connectivity index (χ1v) is 7.82. The molecule has 0 bridgehead atoms. The zero-order valence-electron chi connectivity index (χ0n) is 12.3. The first-order chi connectivity index (χ1) is 11.2. The summed E-state index contributed by atoms with van der Waals surface area (Å²) in [6, 6.07) is 11.5. The molecule has 2 aromatic carbocycles. The summed E-state index contributed by atoms with van der Waals surface area (Å²) in [7, 11) is 1.63. The van der Waals surface area contributed by atoms with E-state index in [0.29, 0.717) is 22.9 Å². The Kier molecular flexibility index (Phi) is 4.52. The number of anilines is 1. The van der Waals surface area contributed by atoms with Crippen molar-refractivity contribution in [3.8, 4) is 17.0 Å². The van der Waals surface area contributed by atoms with Crippen LogP contribution in [0.3, 0.4) is 0 Å². The highest BCUT2D eigenvalue weighted by atomic mass is 32.1. The topological polar surface area (TPSA) is 34.1 Å². The Balaban J connectivity index is 1.73. The molecule has 1 N–H and O–H groups in total. The van der Waals surface area contributed by atoms with Crippen LogP contribution in [0.1, 0.15) is 5.56 Å². The molecule has 1 heterocycles. The van der Waals surface area contributed by atoms with Crippen LogP contribution in [-0.2, 0) is 6.54 Å². The van der Waals surface area contributed by atoms with Gasteiger partial charge >= 0.3 is 0 Å². The van der Waals surface area contributed by atoms with E-state index in [0.717, 1.165) is 23.4 Å². The Bertz CT molecular complexity index is 820. The Morgan fingerprint density at radius 1 is 1.13 bits per heavy atom. The average molecular weight is 332 g/mol. The summed E-state index contributed by atoms with van der Waals surface area (Å²) in [4.78, 5) is 4.40. The molecule has 23 heavy (non-hydrogen) atoms. The minimum Gasteiger partial charge on any atom is -0.496 e. The first-order valence-electron chi connectivity index (χ1n) is 6.94. The van der Waals surface area contributed by atoms with Crippen LogP contribution in [0.2, 0.25) is 0 Å². The number of rotatable bonds is 5. The summed E-state index contributed by atoms with van der Waals surface area (Å²) in [5, 5.41) is 5.72. The fraction of sp³-hybridized carbons (Fsp3) is 0.118. The molecule has 0 aliphatic heterocycles. The van der Waals surface area contributed by atoms with Crippen molar-refractivity contribution in [2.75, 3.05) is 12.4 Å². The van der Waals surface area contributed by atoms with Crippen molar-refractivity contribution < 1.29 is 13.5 Å². The number of ether oxygens (including phenoxy) is 1. The van der Waals surface area contributed by atoms with E-state index in [2.05, 4.69) is 10.3 Å². The van der Waals surface area contributed by atoms with Gasteiger partial charge in [-0.3, -0.25) is 0 Å². The van der Waals surface area contributed by atoms with Crippen LogP contribution in [0.5, 0.6) is 5.75 Å². The van der Waals surface area contributed by atoms with Gasteiger partial charge in [0.25, 0.3) is 0 Å². The van der Waals surface area contributed by atoms with Gasteiger partial charge in [0, 0.05) is 23.1 Å². The minimum atomic E-state index is -0.876. The number of hydrogen-bond acceptors (Lipinski definition) is 4. The summed E-state index contributed by atoms with van der Waals surface area (Å²) in [6.45, 7) is 0.564. The SMILES string of the molecule is COc1ccccc1CNc1nc(-c2ccc(F)c(F)c2)cs1. The largest absolute Gasteiger partial charge is 0.496 e. The van der Waals surface area contributed by atoms with Gasteiger partial charge < -0.3 is 10.1 Å². The molecule has 3 aromatic rings. The molecule has 0 aliphatic carbocycles. The highest BCUT2D eigenvalue weighted by Crippen LogP contribution is 2.27. The summed E-state index contributed by atoms with van der Waals surface area (Å²) in [5.41, 5.74) is 2.17. The molecule has 0 unspecified atom stereocenters. The summed E-state index contributed by atoms with van der Waals surface area (Å²) in [5.74, 6) is -0.935. The molecule has 0 saturated heterocycles. The van der Waals surface area contributed by atoms with Gasteiger partial charge in [-0.05, 0) is 24.3 Å². The van der Waals surface area contributed by atoms with Gasteiger partial charge in [0.2, 0.25) is 0 Å².